The van der Waals surface area contributed by atoms with Gasteiger partial charge < -0.3 is 64.5 Å². The summed E-state index contributed by atoms with van der Waals surface area (Å²) < 4.78 is 31.3. The number of allylic oxidation sites excluding steroid dienone is 1. The van der Waals surface area contributed by atoms with Gasteiger partial charge in [0.25, 0.3) is 0 Å². The van der Waals surface area contributed by atoms with Crippen LogP contribution < -0.4 is 0 Å². The number of aliphatic hydroxyl groups is 8. The van der Waals surface area contributed by atoms with Crippen molar-refractivity contribution in [3.05, 3.63) is 12.2 Å². The molecule has 1 spiro atoms. The van der Waals surface area contributed by atoms with Crippen molar-refractivity contribution in [1.82, 2.24) is 0 Å². The van der Waals surface area contributed by atoms with Gasteiger partial charge in [-0.2, -0.15) is 0 Å². The highest BCUT2D eigenvalue weighted by Crippen LogP contribution is 2.79. The van der Waals surface area contributed by atoms with E-state index in [0.717, 1.165) is 38.5 Å². The number of fused-ring (bicyclic) bond motifs is 4. The lowest BCUT2D eigenvalue weighted by molar-refractivity contribution is -0.366. The lowest BCUT2D eigenvalue weighted by Gasteiger charge is -2.73. The summed E-state index contributed by atoms with van der Waals surface area (Å²) in [7, 11) is 0. The Labute approximate surface area is 325 Å². The molecule has 3 saturated heterocycles. The van der Waals surface area contributed by atoms with Crippen LogP contribution in [0, 0.1) is 50.2 Å². The van der Waals surface area contributed by atoms with Crippen LogP contribution >= 0.6 is 0 Å². The van der Waals surface area contributed by atoms with Crippen molar-refractivity contribution in [2.45, 2.75) is 179 Å². The molecular weight excluding hydrogens is 712 g/mol. The fourth-order valence-electron chi connectivity index (χ4n) is 14.4. The van der Waals surface area contributed by atoms with Gasteiger partial charge in [0.05, 0.1) is 43.7 Å². The monoisotopic (exact) mass is 780 g/mol. The Kier molecular flexibility index (Phi) is 9.95. The molecule has 314 valence electrons. The first-order chi connectivity index (χ1) is 25.7. The SMILES string of the molecule is C[C@H]1O[C@@H](O)[C@H](O[C@H]2CC[C@@]3(C)[C@@H](CC[C@]4(C)[C@@H]3C=C[C@]35OC[C@@]6(CCC(C)(C)C[C@H]63)[C@@H](O)C[C@]54C)[C@]2(C)CO)[C@@H](O[C@@H]2O[C@H](CO)[C@@H](O)[C@H](O)[C@H]2O)[C@H]1O. The van der Waals surface area contributed by atoms with E-state index in [1.165, 1.54) is 0 Å². The average Bonchev–Trinajstić information content (AvgIpc) is 3.41. The molecule has 4 saturated carbocycles. The standard InChI is InChI=1S/C42H68O13/c1-21-28(46)32(55-35-31(49)30(48)29(47)22(18-43)53-35)33(34(50)52-21)54-27-10-11-37(4)23(38(27,5)19-44)8-12-39(6)24(37)9-13-42-25-16-36(2,3)14-15-41(25,20-51-42)26(45)17-40(39,42)7/h9,13,21-35,43-50H,8,10-12,14-20H2,1-7H3/t21-,22-,23-,24-,25-,26+,27+,28+,29-,30+,31-,32+,33-,34-,35+,37+,38+,39-,40+,41-,42+/m1/s1. The molecule has 8 aliphatic rings. The second kappa shape index (κ2) is 13.4. The third-order valence-electron chi connectivity index (χ3n) is 17.9. The summed E-state index contributed by atoms with van der Waals surface area (Å²) in [6.45, 7) is 15.3. The normalized spacial score (nSPS) is 59.7. The summed E-state index contributed by atoms with van der Waals surface area (Å²) >= 11 is 0. The van der Waals surface area contributed by atoms with Crippen LogP contribution in [0.2, 0.25) is 0 Å². The third kappa shape index (κ3) is 5.44. The van der Waals surface area contributed by atoms with E-state index >= 15 is 0 Å². The molecule has 3 aliphatic heterocycles. The quantitative estimate of drug-likeness (QED) is 0.181. The fourth-order valence-corrected chi connectivity index (χ4v) is 14.4. The molecule has 0 radical (unpaired) electrons. The lowest BCUT2D eigenvalue weighted by atomic mass is 9.32. The van der Waals surface area contributed by atoms with Crippen molar-refractivity contribution in [3.63, 3.8) is 0 Å². The van der Waals surface area contributed by atoms with E-state index in [0.29, 0.717) is 19.4 Å². The Balaban J connectivity index is 1.09. The molecule has 55 heavy (non-hydrogen) atoms. The zero-order valence-electron chi connectivity index (χ0n) is 33.7. The van der Waals surface area contributed by atoms with Crippen LogP contribution in [0.3, 0.4) is 0 Å². The van der Waals surface area contributed by atoms with Gasteiger partial charge in [0.15, 0.2) is 12.6 Å². The topological polar surface area (TPSA) is 208 Å². The number of ether oxygens (including phenoxy) is 5. The van der Waals surface area contributed by atoms with E-state index in [2.05, 4.69) is 46.8 Å². The van der Waals surface area contributed by atoms with Crippen LogP contribution in [0.4, 0.5) is 0 Å². The molecule has 2 bridgehead atoms. The predicted octanol–water partition coefficient (Wildman–Crippen LogP) is 1.78. The van der Waals surface area contributed by atoms with Gasteiger partial charge in [0.1, 0.15) is 42.7 Å². The molecule has 3 heterocycles. The second-order valence-electron chi connectivity index (χ2n) is 21.0. The Morgan fingerprint density at radius 2 is 1.47 bits per heavy atom. The van der Waals surface area contributed by atoms with E-state index in [-0.39, 0.29) is 51.4 Å². The second-order valence-corrected chi connectivity index (χ2v) is 21.0. The highest BCUT2D eigenvalue weighted by Gasteiger charge is 2.79. The minimum absolute atomic E-state index is 0.00477. The maximum Gasteiger partial charge on any atom is 0.187 e. The molecule has 0 aromatic heterocycles. The Hall–Kier alpha value is -0.780. The summed E-state index contributed by atoms with van der Waals surface area (Å²) in [4.78, 5) is 0. The average molecular weight is 781 g/mol. The number of hydrogen-bond donors (Lipinski definition) is 8. The highest BCUT2D eigenvalue weighted by molar-refractivity contribution is 5.36. The van der Waals surface area contributed by atoms with Gasteiger partial charge in [-0.1, -0.05) is 53.7 Å². The van der Waals surface area contributed by atoms with Gasteiger partial charge in [0, 0.05) is 22.2 Å². The summed E-state index contributed by atoms with van der Waals surface area (Å²) in [5.74, 6) is 0.379. The largest absolute Gasteiger partial charge is 0.396 e. The molecule has 0 aromatic carbocycles. The van der Waals surface area contributed by atoms with Crippen LogP contribution in [0.5, 0.6) is 0 Å². The molecule has 0 aromatic rings. The van der Waals surface area contributed by atoms with Crippen LogP contribution in [-0.4, -0.2) is 140 Å². The van der Waals surface area contributed by atoms with Crippen LogP contribution in [0.15, 0.2) is 12.2 Å². The maximum absolute atomic E-state index is 12.1. The van der Waals surface area contributed by atoms with Gasteiger partial charge in [0.2, 0.25) is 0 Å². The number of aliphatic hydroxyl groups excluding tert-OH is 8. The third-order valence-corrected chi connectivity index (χ3v) is 17.9. The smallest absolute Gasteiger partial charge is 0.187 e. The number of hydrogen-bond acceptors (Lipinski definition) is 13. The van der Waals surface area contributed by atoms with E-state index in [1.807, 2.05) is 6.92 Å². The molecule has 13 heteroatoms. The van der Waals surface area contributed by atoms with Gasteiger partial charge >= 0.3 is 0 Å². The van der Waals surface area contributed by atoms with E-state index in [4.69, 9.17) is 23.7 Å². The first-order valence-electron chi connectivity index (χ1n) is 20.9. The first kappa shape index (κ1) is 41.0. The Morgan fingerprint density at radius 1 is 0.745 bits per heavy atom. The fraction of sp³-hybridized carbons (Fsp3) is 0.952. The molecule has 7 fully saturated rings. The molecule has 13 nitrogen and oxygen atoms in total. The molecule has 0 amide bonds. The highest BCUT2D eigenvalue weighted by atomic mass is 16.7. The van der Waals surface area contributed by atoms with Crippen molar-refractivity contribution in [2.75, 3.05) is 19.8 Å². The van der Waals surface area contributed by atoms with Crippen molar-refractivity contribution in [3.8, 4) is 0 Å². The van der Waals surface area contributed by atoms with E-state index in [1.54, 1.807) is 6.92 Å². The predicted molar refractivity (Wildman–Crippen MR) is 197 cm³/mol. The van der Waals surface area contributed by atoms with Crippen LogP contribution in [0.1, 0.15) is 99.8 Å². The van der Waals surface area contributed by atoms with Crippen molar-refractivity contribution in [1.29, 1.82) is 0 Å². The molecule has 5 aliphatic carbocycles. The molecule has 8 N–H and O–H groups in total. The minimum Gasteiger partial charge on any atom is -0.396 e. The summed E-state index contributed by atoms with van der Waals surface area (Å²) in [6.07, 6.45) is -3.55. The zero-order valence-corrected chi connectivity index (χ0v) is 33.7. The Morgan fingerprint density at radius 3 is 2.16 bits per heavy atom. The summed E-state index contributed by atoms with van der Waals surface area (Å²) in [6, 6.07) is 0. The van der Waals surface area contributed by atoms with Gasteiger partial charge in [-0.25, -0.2) is 0 Å². The van der Waals surface area contributed by atoms with Crippen molar-refractivity contribution in [2.24, 2.45) is 50.2 Å². The molecule has 21 atom stereocenters. The molecule has 0 unspecified atom stereocenters. The molecular formula is C42H68O13. The van der Waals surface area contributed by atoms with Crippen LogP contribution in [-0.2, 0) is 23.7 Å². The Bertz CT molecular complexity index is 1490. The lowest BCUT2D eigenvalue weighted by Crippen LogP contribution is -2.72. The van der Waals surface area contributed by atoms with Crippen LogP contribution in [0.25, 0.3) is 0 Å². The number of rotatable bonds is 6. The summed E-state index contributed by atoms with van der Waals surface area (Å²) in [5, 5.41) is 87.4. The van der Waals surface area contributed by atoms with Crippen molar-refractivity contribution >= 4 is 0 Å². The molecule has 8 rings (SSSR count). The zero-order chi connectivity index (χ0) is 39.9. The summed E-state index contributed by atoms with van der Waals surface area (Å²) in [5.41, 5.74) is -2.04. The van der Waals surface area contributed by atoms with Gasteiger partial charge in [-0.15, -0.1) is 0 Å². The van der Waals surface area contributed by atoms with Gasteiger partial charge in [-0.05, 0) is 86.4 Å². The first-order valence-corrected chi connectivity index (χ1v) is 20.9. The minimum atomic E-state index is -1.72. The van der Waals surface area contributed by atoms with Crippen molar-refractivity contribution < 1.29 is 64.5 Å². The van der Waals surface area contributed by atoms with Gasteiger partial charge in [-0.3, -0.25) is 0 Å². The van der Waals surface area contributed by atoms with E-state index < -0.39 is 91.2 Å². The van der Waals surface area contributed by atoms with E-state index in [9.17, 15) is 40.9 Å². The maximum atomic E-state index is 12.1.